The first-order valence-corrected chi connectivity index (χ1v) is 8.83. The number of aryl methyl sites for hydroxylation is 1. The van der Waals surface area contributed by atoms with Gasteiger partial charge in [0, 0.05) is 11.6 Å². The molecule has 1 aliphatic rings. The number of benzene rings is 1. The van der Waals surface area contributed by atoms with E-state index in [1.165, 1.54) is 17.0 Å². The molecule has 1 saturated heterocycles. The first-order valence-electron chi connectivity index (χ1n) is 8.83. The van der Waals surface area contributed by atoms with Crippen molar-refractivity contribution in [2.24, 2.45) is 0 Å². The molecule has 10 heteroatoms. The SMILES string of the molecule is Cc1ncnc2c1ccn2C1OC(C(O)c2cccc(C(F)(F)F)c2)C(O)C1O. The Hall–Kier alpha value is -2.53. The number of alkyl halides is 3. The average molecular weight is 409 g/mol. The lowest BCUT2D eigenvalue weighted by molar-refractivity contribution is -0.137. The number of nitrogens with zero attached hydrogens (tertiary/aromatic N) is 3. The fourth-order valence-electron chi connectivity index (χ4n) is 3.57. The molecule has 5 unspecified atom stereocenters. The first kappa shape index (κ1) is 19.8. The van der Waals surface area contributed by atoms with Crippen LogP contribution in [-0.2, 0) is 10.9 Å². The van der Waals surface area contributed by atoms with E-state index in [9.17, 15) is 28.5 Å². The number of aliphatic hydroxyl groups excluding tert-OH is 3. The van der Waals surface area contributed by atoms with Gasteiger partial charge in [-0.25, -0.2) is 9.97 Å². The van der Waals surface area contributed by atoms with Crippen molar-refractivity contribution in [3.8, 4) is 0 Å². The third-order valence-electron chi connectivity index (χ3n) is 5.12. The summed E-state index contributed by atoms with van der Waals surface area (Å²) in [6.07, 6.45) is -8.57. The van der Waals surface area contributed by atoms with E-state index in [0.717, 1.165) is 23.6 Å². The number of rotatable bonds is 3. The molecule has 7 nitrogen and oxygen atoms in total. The standard InChI is InChI=1S/C19H18F3N3O4/c1-9-12-5-6-25(17(12)24-8-23-9)18-15(28)14(27)16(29-18)13(26)10-3-2-4-11(7-10)19(20,21)22/h2-8,13-16,18,26-28H,1H3. The largest absolute Gasteiger partial charge is 0.416 e. The average Bonchev–Trinajstić information content (AvgIpc) is 3.23. The van der Waals surface area contributed by atoms with Gasteiger partial charge in [0.2, 0.25) is 0 Å². The highest BCUT2D eigenvalue weighted by molar-refractivity contribution is 5.78. The van der Waals surface area contributed by atoms with E-state index in [2.05, 4.69) is 9.97 Å². The van der Waals surface area contributed by atoms with Crippen molar-refractivity contribution in [1.82, 2.24) is 14.5 Å². The van der Waals surface area contributed by atoms with Crippen LogP contribution in [0.25, 0.3) is 11.0 Å². The maximum Gasteiger partial charge on any atom is 0.416 e. The highest BCUT2D eigenvalue weighted by Gasteiger charge is 2.47. The van der Waals surface area contributed by atoms with Crippen molar-refractivity contribution in [2.45, 2.75) is 43.7 Å². The van der Waals surface area contributed by atoms with Gasteiger partial charge in [-0.15, -0.1) is 0 Å². The number of hydrogen-bond acceptors (Lipinski definition) is 6. The quantitative estimate of drug-likeness (QED) is 0.613. The maximum absolute atomic E-state index is 13.0. The second-order valence-corrected chi connectivity index (χ2v) is 6.96. The van der Waals surface area contributed by atoms with Crippen LogP contribution < -0.4 is 0 Å². The van der Waals surface area contributed by atoms with Crippen LogP contribution in [0.3, 0.4) is 0 Å². The van der Waals surface area contributed by atoms with Crippen molar-refractivity contribution >= 4 is 11.0 Å². The molecule has 1 aromatic carbocycles. The van der Waals surface area contributed by atoms with Crippen molar-refractivity contribution < 1.29 is 33.2 Å². The van der Waals surface area contributed by atoms with Crippen molar-refractivity contribution in [3.05, 3.63) is 59.7 Å². The molecule has 4 rings (SSSR count). The zero-order valence-corrected chi connectivity index (χ0v) is 15.2. The van der Waals surface area contributed by atoms with Crippen molar-refractivity contribution in [1.29, 1.82) is 0 Å². The Morgan fingerprint density at radius 3 is 2.62 bits per heavy atom. The van der Waals surface area contributed by atoms with Crippen LogP contribution in [0.4, 0.5) is 13.2 Å². The molecule has 29 heavy (non-hydrogen) atoms. The number of halogens is 3. The predicted molar refractivity (Wildman–Crippen MR) is 94.6 cm³/mol. The molecule has 0 bridgehead atoms. The molecule has 0 spiro atoms. The van der Waals surface area contributed by atoms with Crippen molar-refractivity contribution in [2.75, 3.05) is 0 Å². The van der Waals surface area contributed by atoms with Crippen molar-refractivity contribution in [3.63, 3.8) is 0 Å². The number of fused-ring (bicyclic) bond motifs is 1. The van der Waals surface area contributed by atoms with E-state index < -0.39 is 42.4 Å². The fourth-order valence-corrected chi connectivity index (χ4v) is 3.57. The molecule has 1 aliphatic heterocycles. The van der Waals surface area contributed by atoms with Crippen LogP contribution >= 0.6 is 0 Å². The first-order chi connectivity index (χ1) is 13.7. The zero-order valence-electron chi connectivity index (χ0n) is 15.2. The summed E-state index contributed by atoms with van der Waals surface area (Å²) in [5.74, 6) is 0. The molecular weight excluding hydrogens is 391 g/mol. The Labute approximate surface area is 163 Å². The Bertz CT molecular complexity index is 1040. The van der Waals surface area contributed by atoms with Crippen LogP contribution in [0.1, 0.15) is 29.2 Å². The molecule has 154 valence electrons. The maximum atomic E-state index is 13.0. The minimum atomic E-state index is -4.57. The summed E-state index contributed by atoms with van der Waals surface area (Å²) >= 11 is 0. The van der Waals surface area contributed by atoms with Crippen LogP contribution in [0, 0.1) is 6.92 Å². The van der Waals surface area contributed by atoms with Crippen LogP contribution in [0.5, 0.6) is 0 Å². The minimum Gasteiger partial charge on any atom is -0.387 e. The topological polar surface area (TPSA) is 101 Å². The lowest BCUT2D eigenvalue weighted by Gasteiger charge is -2.22. The summed E-state index contributed by atoms with van der Waals surface area (Å²) in [6, 6.07) is 5.87. The Kier molecular flexibility index (Phi) is 4.82. The van der Waals surface area contributed by atoms with Gasteiger partial charge in [0.05, 0.1) is 11.3 Å². The van der Waals surface area contributed by atoms with Gasteiger partial charge in [0.25, 0.3) is 0 Å². The molecule has 3 N–H and O–H groups in total. The third kappa shape index (κ3) is 3.38. The lowest BCUT2D eigenvalue weighted by Crippen LogP contribution is -2.34. The Morgan fingerprint density at radius 2 is 1.90 bits per heavy atom. The summed E-state index contributed by atoms with van der Waals surface area (Å²) in [5.41, 5.74) is 0.166. The minimum absolute atomic E-state index is 0.0766. The van der Waals surface area contributed by atoms with E-state index >= 15 is 0 Å². The molecule has 3 aromatic rings. The molecule has 0 aliphatic carbocycles. The van der Waals surface area contributed by atoms with Gasteiger partial charge in [-0.1, -0.05) is 12.1 Å². The van der Waals surface area contributed by atoms with E-state index in [-0.39, 0.29) is 5.56 Å². The molecule has 0 amide bonds. The summed E-state index contributed by atoms with van der Waals surface area (Å²) < 4.78 is 46.1. The number of ether oxygens (including phenoxy) is 1. The van der Waals surface area contributed by atoms with Gasteiger partial charge >= 0.3 is 6.18 Å². The van der Waals surface area contributed by atoms with Gasteiger partial charge in [-0.2, -0.15) is 13.2 Å². The third-order valence-corrected chi connectivity index (χ3v) is 5.12. The van der Waals surface area contributed by atoms with Gasteiger partial charge in [-0.3, -0.25) is 0 Å². The molecule has 5 atom stereocenters. The zero-order chi connectivity index (χ0) is 20.9. The van der Waals surface area contributed by atoms with E-state index in [0.29, 0.717) is 11.3 Å². The lowest BCUT2D eigenvalue weighted by atomic mass is 9.97. The fraction of sp³-hybridized carbons (Fsp3) is 0.368. The predicted octanol–water partition coefficient (Wildman–Crippen LogP) is 2.11. The Balaban J connectivity index is 1.64. The molecular formula is C19H18F3N3O4. The van der Waals surface area contributed by atoms with Gasteiger partial charge in [0.15, 0.2) is 6.23 Å². The molecule has 0 radical (unpaired) electrons. The summed E-state index contributed by atoms with van der Waals surface area (Å²) in [4.78, 5) is 8.25. The number of hydrogen-bond donors (Lipinski definition) is 3. The second-order valence-electron chi connectivity index (χ2n) is 6.96. The van der Waals surface area contributed by atoms with E-state index in [1.807, 2.05) is 0 Å². The van der Waals surface area contributed by atoms with Crippen LogP contribution in [-0.4, -0.2) is 48.2 Å². The van der Waals surface area contributed by atoms with E-state index in [4.69, 9.17) is 4.74 Å². The summed E-state index contributed by atoms with van der Waals surface area (Å²) in [5, 5.41) is 32.2. The number of aromatic nitrogens is 3. The van der Waals surface area contributed by atoms with E-state index in [1.54, 1.807) is 19.2 Å². The summed E-state index contributed by atoms with van der Waals surface area (Å²) in [6.45, 7) is 1.79. The second kappa shape index (κ2) is 7.06. The molecule has 0 saturated carbocycles. The Morgan fingerprint density at radius 1 is 1.14 bits per heavy atom. The molecule has 2 aromatic heterocycles. The van der Waals surface area contributed by atoms with Gasteiger partial charge in [0.1, 0.15) is 36.4 Å². The van der Waals surface area contributed by atoms with Gasteiger partial charge < -0.3 is 24.6 Å². The van der Waals surface area contributed by atoms with Crippen LogP contribution in [0.2, 0.25) is 0 Å². The summed E-state index contributed by atoms with van der Waals surface area (Å²) in [7, 11) is 0. The smallest absolute Gasteiger partial charge is 0.387 e. The normalized spacial score (nSPS) is 26.2. The van der Waals surface area contributed by atoms with Gasteiger partial charge in [-0.05, 0) is 30.7 Å². The monoisotopic (exact) mass is 409 g/mol. The number of aliphatic hydroxyl groups is 3. The molecule has 3 heterocycles. The molecule has 1 fully saturated rings. The highest BCUT2D eigenvalue weighted by Crippen LogP contribution is 2.38. The highest BCUT2D eigenvalue weighted by atomic mass is 19.4. The van der Waals surface area contributed by atoms with Crippen LogP contribution in [0.15, 0.2) is 42.9 Å².